The van der Waals surface area contributed by atoms with Crippen LogP contribution in [0.1, 0.15) is 45.0 Å². The van der Waals surface area contributed by atoms with Gasteiger partial charge in [-0.3, -0.25) is 9.48 Å². The molecule has 23 heavy (non-hydrogen) atoms. The molecule has 2 aromatic heterocycles. The SMILES string of the molecule is O=C(NCCc1csc2c1CCCC2)c1cc2n(n1)CCNC2. The summed E-state index contributed by atoms with van der Waals surface area (Å²) < 4.78 is 1.93. The molecule has 3 heterocycles. The summed E-state index contributed by atoms with van der Waals surface area (Å²) in [7, 11) is 0. The number of nitrogens with one attached hydrogen (secondary N) is 2. The van der Waals surface area contributed by atoms with Crippen LogP contribution in [0.5, 0.6) is 0 Å². The second-order valence-corrected chi connectivity index (χ2v) is 7.26. The van der Waals surface area contributed by atoms with Crippen LogP contribution in [0, 0.1) is 0 Å². The molecule has 4 rings (SSSR count). The Labute approximate surface area is 140 Å². The number of hydrogen-bond acceptors (Lipinski definition) is 4. The van der Waals surface area contributed by atoms with Crippen molar-refractivity contribution >= 4 is 17.2 Å². The topological polar surface area (TPSA) is 59.0 Å². The molecule has 0 radical (unpaired) electrons. The number of aromatic nitrogens is 2. The minimum Gasteiger partial charge on any atom is -0.350 e. The summed E-state index contributed by atoms with van der Waals surface area (Å²) in [4.78, 5) is 13.8. The Morgan fingerprint density at radius 1 is 1.39 bits per heavy atom. The van der Waals surface area contributed by atoms with Gasteiger partial charge in [-0.1, -0.05) is 0 Å². The number of hydrogen-bond donors (Lipinski definition) is 2. The van der Waals surface area contributed by atoms with Crippen LogP contribution >= 0.6 is 11.3 Å². The smallest absolute Gasteiger partial charge is 0.271 e. The molecule has 1 amide bonds. The van der Waals surface area contributed by atoms with Crippen LogP contribution in [0.15, 0.2) is 11.4 Å². The van der Waals surface area contributed by atoms with Crippen LogP contribution in [0.3, 0.4) is 0 Å². The summed E-state index contributed by atoms with van der Waals surface area (Å²) in [5.74, 6) is -0.0593. The number of carbonyl (C=O) groups excluding carboxylic acids is 1. The average molecular weight is 330 g/mol. The third-order valence-corrected chi connectivity index (χ3v) is 5.87. The van der Waals surface area contributed by atoms with Crippen LogP contribution in [0.4, 0.5) is 0 Å². The van der Waals surface area contributed by atoms with Crippen molar-refractivity contribution < 1.29 is 4.79 Å². The van der Waals surface area contributed by atoms with Gasteiger partial charge in [-0.25, -0.2) is 0 Å². The molecule has 0 saturated heterocycles. The number of carbonyl (C=O) groups is 1. The fourth-order valence-electron chi connectivity index (χ4n) is 3.48. The number of rotatable bonds is 4. The van der Waals surface area contributed by atoms with Crippen LogP contribution in [0.25, 0.3) is 0 Å². The van der Waals surface area contributed by atoms with Crippen molar-refractivity contribution in [2.24, 2.45) is 0 Å². The normalized spacial score (nSPS) is 16.7. The van der Waals surface area contributed by atoms with Crippen LogP contribution in [-0.4, -0.2) is 28.8 Å². The highest BCUT2D eigenvalue weighted by Crippen LogP contribution is 2.30. The van der Waals surface area contributed by atoms with Gasteiger partial charge in [0, 0.05) is 24.5 Å². The maximum Gasteiger partial charge on any atom is 0.271 e. The van der Waals surface area contributed by atoms with E-state index in [9.17, 15) is 4.79 Å². The van der Waals surface area contributed by atoms with Crippen molar-refractivity contribution in [2.45, 2.75) is 45.2 Å². The van der Waals surface area contributed by atoms with Crippen molar-refractivity contribution in [3.05, 3.63) is 38.8 Å². The zero-order chi connectivity index (χ0) is 15.6. The molecule has 1 aliphatic heterocycles. The predicted molar refractivity (Wildman–Crippen MR) is 90.9 cm³/mol. The minimum absolute atomic E-state index is 0.0593. The summed E-state index contributed by atoms with van der Waals surface area (Å²) in [5, 5.41) is 13.0. The quantitative estimate of drug-likeness (QED) is 0.900. The molecule has 0 spiro atoms. The maximum absolute atomic E-state index is 12.3. The molecular weight excluding hydrogens is 308 g/mol. The zero-order valence-corrected chi connectivity index (χ0v) is 14.0. The molecule has 2 N–H and O–H groups in total. The highest BCUT2D eigenvalue weighted by molar-refractivity contribution is 7.10. The number of nitrogens with zero attached hydrogens (tertiary/aromatic N) is 2. The van der Waals surface area contributed by atoms with E-state index < -0.39 is 0 Å². The summed E-state index contributed by atoms with van der Waals surface area (Å²) in [6.07, 6.45) is 6.00. The van der Waals surface area contributed by atoms with E-state index in [1.54, 1.807) is 10.4 Å². The molecule has 0 bridgehead atoms. The van der Waals surface area contributed by atoms with Crippen molar-refractivity contribution in [2.75, 3.05) is 13.1 Å². The van der Waals surface area contributed by atoms with Gasteiger partial charge in [0.25, 0.3) is 5.91 Å². The van der Waals surface area contributed by atoms with Gasteiger partial charge >= 0.3 is 0 Å². The Hall–Kier alpha value is -1.66. The van der Waals surface area contributed by atoms with Crippen LogP contribution in [-0.2, 0) is 32.4 Å². The number of fused-ring (bicyclic) bond motifs is 2. The lowest BCUT2D eigenvalue weighted by Crippen LogP contribution is -2.28. The lowest BCUT2D eigenvalue weighted by atomic mass is 9.95. The van der Waals surface area contributed by atoms with Gasteiger partial charge in [-0.05, 0) is 54.7 Å². The van der Waals surface area contributed by atoms with E-state index in [4.69, 9.17) is 0 Å². The fourth-order valence-corrected chi connectivity index (χ4v) is 4.66. The number of aryl methyl sites for hydroxylation is 1. The Bertz CT molecular complexity index is 695. The van der Waals surface area contributed by atoms with Gasteiger partial charge in [-0.2, -0.15) is 5.10 Å². The van der Waals surface area contributed by atoms with Crippen molar-refractivity contribution in [1.29, 1.82) is 0 Å². The first-order valence-electron chi connectivity index (χ1n) is 8.45. The first kappa shape index (κ1) is 14.9. The lowest BCUT2D eigenvalue weighted by molar-refractivity contribution is 0.0948. The Balaban J connectivity index is 1.35. The molecule has 0 fully saturated rings. The van der Waals surface area contributed by atoms with Crippen LogP contribution in [0.2, 0.25) is 0 Å². The predicted octanol–water partition coefficient (Wildman–Crippen LogP) is 1.90. The summed E-state index contributed by atoms with van der Waals surface area (Å²) in [6.45, 7) is 3.23. The van der Waals surface area contributed by atoms with Crippen molar-refractivity contribution in [1.82, 2.24) is 20.4 Å². The molecule has 0 unspecified atom stereocenters. The third-order valence-electron chi connectivity index (χ3n) is 4.73. The molecule has 5 nitrogen and oxygen atoms in total. The lowest BCUT2D eigenvalue weighted by Gasteiger charge is -2.13. The second kappa shape index (κ2) is 6.45. The van der Waals surface area contributed by atoms with Gasteiger partial charge in [0.15, 0.2) is 0 Å². The summed E-state index contributed by atoms with van der Waals surface area (Å²) in [5.41, 5.74) is 4.61. The Morgan fingerprint density at radius 2 is 2.30 bits per heavy atom. The summed E-state index contributed by atoms with van der Waals surface area (Å²) >= 11 is 1.89. The van der Waals surface area contributed by atoms with Crippen molar-refractivity contribution in [3.8, 4) is 0 Å². The monoisotopic (exact) mass is 330 g/mol. The van der Waals surface area contributed by atoms with E-state index in [1.165, 1.54) is 31.2 Å². The largest absolute Gasteiger partial charge is 0.350 e. The van der Waals surface area contributed by atoms with Gasteiger partial charge in [0.05, 0.1) is 12.2 Å². The molecule has 2 aliphatic rings. The first-order valence-corrected chi connectivity index (χ1v) is 9.33. The standard InChI is InChI=1S/C17H22N4OS/c22-17(15-9-13-10-18-7-8-21(13)20-15)19-6-5-12-11-23-16-4-2-1-3-14(12)16/h9,11,18H,1-8,10H2,(H,19,22). The van der Waals surface area contributed by atoms with Crippen LogP contribution < -0.4 is 10.6 Å². The molecule has 6 heteroatoms. The van der Waals surface area contributed by atoms with E-state index in [2.05, 4.69) is 21.1 Å². The van der Waals surface area contributed by atoms with Gasteiger partial charge in [0.1, 0.15) is 5.69 Å². The molecule has 0 saturated carbocycles. The Morgan fingerprint density at radius 3 is 3.22 bits per heavy atom. The summed E-state index contributed by atoms with van der Waals surface area (Å²) in [6, 6.07) is 1.90. The van der Waals surface area contributed by atoms with Gasteiger partial charge in [-0.15, -0.1) is 11.3 Å². The van der Waals surface area contributed by atoms with E-state index in [0.717, 1.165) is 31.7 Å². The highest BCUT2D eigenvalue weighted by Gasteiger charge is 2.18. The first-order chi connectivity index (χ1) is 11.3. The van der Waals surface area contributed by atoms with Gasteiger partial charge < -0.3 is 10.6 Å². The van der Waals surface area contributed by atoms with E-state index >= 15 is 0 Å². The maximum atomic E-state index is 12.3. The van der Waals surface area contributed by atoms with Crippen molar-refractivity contribution in [3.63, 3.8) is 0 Å². The fraction of sp³-hybridized carbons (Fsp3) is 0.529. The molecule has 0 atom stereocenters. The molecular formula is C17H22N4OS. The third kappa shape index (κ3) is 3.05. The average Bonchev–Trinajstić information content (AvgIpc) is 3.19. The molecule has 122 valence electrons. The van der Waals surface area contributed by atoms with E-state index in [0.29, 0.717) is 12.2 Å². The zero-order valence-electron chi connectivity index (χ0n) is 13.2. The second-order valence-electron chi connectivity index (χ2n) is 6.30. The van der Waals surface area contributed by atoms with E-state index in [1.807, 2.05) is 22.1 Å². The number of thiophene rings is 1. The Kier molecular flexibility index (Phi) is 4.18. The van der Waals surface area contributed by atoms with Gasteiger partial charge in [0.2, 0.25) is 0 Å². The minimum atomic E-state index is -0.0593. The highest BCUT2D eigenvalue weighted by atomic mass is 32.1. The molecule has 2 aromatic rings. The molecule has 0 aromatic carbocycles. The van der Waals surface area contributed by atoms with E-state index in [-0.39, 0.29) is 5.91 Å². The number of amides is 1. The molecule has 1 aliphatic carbocycles.